The first-order valence-electron chi connectivity index (χ1n) is 6.44. The molecule has 1 heterocycles. The summed E-state index contributed by atoms with van der Waals surface area (Å²) in [5, 5.41) is 0. The Labute approximate surface area is 98.7 Å². The molecule has 2 N–H and O–H groups in total. The van der Waals surface area contributed by atoms with Crippen LogP contribution in [0.2, 0.25) is 0 Å². The molecule has 0 bridgehead atoms. The Bertz CT molecular complexity index is 331. The summed E-state index contributed by atoms with van der Waals surface area (Å²) >= 11 is 0. The van der Waals surface area contributed by atoms with E-state index >= 15 is 0 Å². The van der Waals surface area contributed by atoms with Crippen LogP contribution in [0.3, 0.4) is 0 Å². The van der Waals surface area contributed by atoms with E-state index < -0.39 is 9.84 Å². The summed E-state index contributed by atoms with van der Waals surface area (Å²) in [6.45, 7) is 2.29. The van der Waals surface area contributed by atoms with Crippen molar-refractivity contribution in [3.8, 4) is 0 Å². The molecule has 0 radical (unpaired) electrons. The molecule has 2 unspecified atom stereocenters. The Hall–Kier alpha value is -0.0900. The molecule has 1 aliphatic heterocycles. The summed E-state index contributed by atoms with van der Waals surface area (Å²) in [5.74, 6) is 2.31. The van der Waals surface area contributed by atoms with Crippen LogP contribution in [0.4, 0.5) is 0 Å². The van der Waals surface area contributed by atoms with Crippen LogP contribution >= 0.6 is 0 Å². The van der Waals surface area contributed by atoms with Crippen LogP contribution in [0.5, 0.6) is 0 Å². The first-order chi connectivity index (χ1) is 7.48. The third-order valence-corrected chi connectivity index (χ3v) is 6.21. The molecule has 0 amide bonds. The van der Waals surface area contributed by atoms with E-state index in [4.69, 9.17) is 5.73 Å². The second-order valence-corrected chi connectivity index (χ2v) is 7.99. The Morgan fingerprint density at radius 2 is 1.69 bits per heavy atom. The smallest absolute Gasteiger partial charge is 0.150 e. The lowest BCUT2D eigenvalue weighted by molar-refractivity contribution is 0.221. The molecule has 0 aromatic heterocycles. The van der Waals surface area contributed by atoms with Gasteiger partial charge in [0.05, 0.1) is 11.5 Å². The van der Waals surface area contributed by atoms with Gasteiger partial charge in [-0.15, -0.1) is 0 Å². The molecule has 0 aromatic rings. The van der Waals surface area contributed by atoms with Crippen LogP contribution < -0.4 is 5.73 Å². The van der Waals surface area contributed by atoms with E-state index in [1.165, 1.54) is 25.7 Å². The number of sulfone groups is 1. The zero-order valence-corrected chi connectivity index (χ0v) is 10.9. The summed E-state index contributed by atoms with van der Waals surface area (Å²) in [7, 11) is -2.77. The van der Waals surface area contributed by atoms with Gasteiger partial charge < -0.3 is 5.73 Å². The molecule has 2 rings (SSSR count). The van der Waals surface area contributed by atoms with Gasteiger partial charge in [0, 0.05) is 6.04 Å². The van der Waals surface area contributed by atoms with E-state index in [1.807, 2.05) is 0 Å². The van der Waals surface area contributed by atoms with Crippen LogP contribution in [0.15, 0.2) is 0 Å². The first kappa shape index (κ1) is 12.4. The number of rotatable bonds is 2. The van der Waals surface area contributed by atoms with Gasteiger partial charge in [-0.3, -0.25) is 0 Å². The molecule has 2 aliphatic rings. The lowest BCUT2D eigenvalue weighted by Gasteiger charge is -2.33. The standard InChI is InChI=1S/C12H23NO2S/c1-9-2-4-10(5-3-9)12(13)11-6-7-16(14,15)8-11/h9-12H,2-8,13H2,1H3. The van der Waals surface area contributed by atoms with Crippen molar-refractivity contribution in [1.29, 1.82) is 0 Å². The zero-order valence-electron chi connectivity index (χ0n) is 10.1. The van der Waals surface area contributed by atoms with Crippen LogP contribution in [0.1, 0.15) is 39.0 Å². The molecule has 1 aliphatic carbocycles. The summed E-state index contributed by atoms with van der Waals surface area (Å²) in [4.78, 5) is 0. The molecule has 94 valence electrons. The maximum absolute atomic E-state index is 11.4. The lowest BCUT2D eigenvalue weighted by atomic mass is 9.76. The molecule has 1 saturated carbocycles. The van der Waals surface area contributed by atoms with Gasteiger partial charge in [-0.1, -0.05) is 19.8 Å². The molecule has 1 saturated heterocycles. The molecule has 3 nitrogen and oxygen atoms in total. The summed E-state index contributed by atoms with van der Waals surface area (Å²) in [6.07, 6.45) is 5.70. The predicted molar refractivity (Wildman–Crippen MR) is 65.9 cm³/mol. The lowest BCUT2D eigenvalue weighted by Crippen LogP contribution is -2.39. The molecule has 4 heteroatoms. The maximum Gasteiger partial charge on any atom is 0.150 e. The van der Waals surface area contributed by atoms with Crippen molar-refractivity contribution in [1.82, 2.24) is 0 Å². The topological polar surface area (TPSA) is 60.2 Å². The molecular weight excluding hydrogens is 222 g/mol. The summed E-state index contributed by atoms with van der Waals surface area (Å²) in [6, 6.07) is 0.116. The first-order valence-corrected chi connectivity index (χ1v) is 8.26. The number of nitrogens with two attached hydrogens (primary N) is 1. The number of hydrogen-bond acceptors (Lipinski definition) is 3. The van der Waals surface area contributed by atoms with Gasteiger partial charge in [-0.05, 0) is 37.0 Å². The zero-order chi connectivity index (χ0) is 11.8. The van der Waals surface area contributed by atoms with Gasteiger partial charge in [0.25, 0.3) is 0 Å². The average molecular weight is 245 g/mol. The Balaban J connectivity index is 1.91. The van der Waals surface area contributed by atoms with Gasteiger partial charge >= 0.3 is 0 Å². The average Bonchev–Trinajstić information content (AvgIpc) is 2.59. The second-order valence-electron chi connectivity index (χ2n) is 5.76. The van der Waals surface area contributed by atoms with E-state index in [2.05, 4.69) is 6.92 Å². The molecule has 2 fully saturated rings. The molecular formula is C12H23NO2S. The van der Waals surface area contributed by atoms with Crippen molar-refractivity contribution < 1.29 is 8.42 Å². The Morgan fingerprint density at radius 3 is 2.19 bits per heavy atom. The quantitative estimate of drug-likeness (QED) is 0.803. The van der Waals surface area contributed by atoms with Crippen molar-refractivity contribution in [3.63, 3.8) is 0 Å². The molecule has 0 spiro atoms. The monoisotopic (exact) mass is 245 g/mol. The van der Waals surface area contributed by atoms with E-state index in [1.54, 1.807) is 0 Å². The number of hydrogen-bond donors (Lipinski definition) is 1. The predicted octanol–water partition coefficient (Wildman–Crippen LogP) is 1.57. The SMILES string of the molecule is CC1CCC(C(N)C2CCS(=O)(=O)C2)CC1. The van der Waals surface area contributed by atoms with Crippen LogP contribution in [-0.4, -0.2) is 26.0 Å². The van der Waals surface area contributed by atoms with Crippen molar-refractivity contribution in [2.75, 3.05) is 11.5 Å². The van der Waals surface area contributed by atoms with Gasteiger partial charge in [0.1, 0.15) is 0 Å². The largest absolute Gasteiger partial charge is 0.327 e. The molecule has 0 aromatic carbocycles. The van der Waals surface area contributed by atoms with E-state index in [9.17, 15) is 8.42 Å². The fraction of sp³-hybridized carbons (Fsp3) is 1.00. The summed E-state index contributed by atoms with van der Waals surface area (Å²) in [5.41, 5.74) is 6.26. The maximum atomic E-state index is 11.4. The molecule has 2 atom stereocenters. The van der Waals surface area contributed by atoms with Crippen molar-refractivity contribution >= 4 is 9.84 Å². The van der Waals surface area contributed by atoms with Crippen molar-refractivity contribution in [3.05, 3.63) is 0 Å². The minimum absolute atomic E-state index is 0.116. The van der Waals surface area contributed by atoms with Crippen LogP contribution in [0.25, 0.3) is 0 Å². The highest BCUT2D eigenvalue weighted by Crippen LogP contribution is 2.34. The van der Waals surface area contributed by atoms with Crippen molar-refractivity contribution in [2.24, 2.45) is 23.5 Å². The highest BCUT2D eigenvalue weighted by atomic mass is 32.2. The minimum Gasteiger partial charge on any atom is -0.327 e. The normalized spacial score (nSPS) is 40.8. The fourth-order valence-electron chi connectivity index (χ4n) is 3.18. The van der Waals surface area contributed by atoms with Gasteiger partial charge in [-0.25, -0.2) is 8.42 Å². The van der Waals surface area contributed by atoms with Gasteiger partial charge in [0.15, 0.2) is 9.84 Å². The Morgan fingerprint density at radius 1 is 1.06 bits per heavy atom. The highest BCUT2D eigenvalue weighted by molar-refractivity contribution is 7.91. The van der Waals surface area contributed by atoms with Crippen LogP contribution in [-0.2, 0) is 9.84 Å². The minimum atomic E-state index is -2.77. The third-order valence-electron chi connectivity index (χ3n) is 4.42. The van der Waals surface area contributed by atoms with Gasteiger partial charge in [0.2, 0.25) is 0 Å². The Kier molecular flexibility index (Phi) is 3.59. The van der Waals surface area contributed by atoms with E-state index in [0.717, 1.165) is 12.3 Å². The van der Waals surface area contributed by atoms with Crippen molar-refractivity contribution in [2.45, 2.75) is 45.1 Å². The fourth-order valence-corrected chi connectivity index (χ4v) is 5.05. The molecule has 16 heavy (non-hydrogen) atoms. The van der Waals surface area contributed by atoms with Gasteiger partial charge in [-0.2, -0.15) is 0 Å². The second kappa shape index (κ2) is 4.65. The summed E-state index contributed by atoms with van der Waals surface area (Å²) < 4.78 is 22.8. The van der Waals surface area contributed by atoms with Crippen LogP contribution in [0, 0.1) is 17.8 Å². The third kappa shape index (κ3) is 2.77. The van der Waals surface area contributed by atoms with E-state index in [0.29, 0.717) is 17.4 Å². The highest BCUT2D eigenvalue weighted by Gasteiger charge is 2.36. The van der Waals surface area contributed by atoms with E-state index in [-0.39, 0.29) is 12.0 Å².